The number of rotatable bonds is 5. The van der Waals surface area contributed by atoms with Crippen molar-refractivity contribution in [2.45, 2.75) is 6.61 Å². The summed E-state index contributed by atoms with van der Waals surface area (Å²) >= 11 is 0. The molecule has 19 heavy (non-hydrogen) atoms. The maximum Gasteiger partial charge on any atom is 0.212 e. The lowest BCUT2D eigenvalue weighted by Gasteiger charge is -2.08. The molecule has 0 amide bonds. The van der Waals surface area contributed by atoms with Crippen molar-refractivity contribution < 1.29 is 9.47 Å². The smallest absolute Gasteiger partial charge is 0.212 e. The summed E-state index contributed by atoms with van der Waals surface area (Å²) in [5.41, 5.74) is 5.98. The van der Waals surface area contributed by atoms with Gasteiger partial charge in [0, 0.05) is 11.6 Å². The van der Waals surface area contributed by atoms with Crippen LogP contribution in [-0.2, 0) is 13.7 Å². The summed E-state index contributed by atoms with van der Waals surface area (Å²) in [6.07, 6.45) is 0. The monoisotopic (exact) mass is 262 g/mol. The molecule has 3 N–H and O–H groups in total. The Bertz CT molecular complexity index is 595. The quantitative estimate of drug-likeness (QED) is 0.583. The lowest BCUT2D eigenvalue weighted by atomic mass is 10.2. The van der Waals surface area contributed by atoms with Gasteiger partial charge in [-0.3, -0.25) is 5.41 Å². The van der Waals surface area contributed by atoms with Crippen molar-refractivity contribution in [1.82, 2.24) is 20.2 Å². The van der Waals surface area contributed by atoms with Crippen LogP contribution in [0.5, 0.6) is 11.5 Å². The van der Waals surface area contributed by atoms with Crippen molar-refractivity contribution in [3.63, 3.8) is 0 Å². The first-order valence-corrected chi connectivity index (χ1v) is 5.47. The summed E-state index contributed by atoms with van der Waals surface area (Å²) in [7, 11) is 3.21. The molecule has 0 fully saturated rings. The molecule has 0 bridgehead atoms. The number of hydrogen-bond acceptors (Lipinski definition) is 6. The molecule has 0 aliphatic carbocycles. The Morgan fingerprint density at radius 2 is 2.11 bits per heavy atom. The number of nitrogen functional groups attached to an aromatic ring is 1. The molecule has 0 aliphatic rings. The van der Waals surface area contributed by atoms with E-state index in [1.807, 2.05) is 0 Å². The number of hydrogen-bond donors (Lipinski definition) is 2. The highest BCUT2D eigenvalue weighted by atomic mass is 16.5. The molecule has 8 heteroatoms. The number of amidine groups is 1. The number of aryl methyl sites for hydroxylation is 1. The second kappa shape index (κ2) is 5.34. The molecule has 0 atom stereocenters. The summed E-state index contributed by atoms with van der Waals surface area (Å²) in [6.45, 7) is 0.179. The second-order valence-corrected chi connectivity index (χ2v) is 3.79. The maximum absolute atomic E-state index is 7.43. The van der Waals surface area contributed by atoms with Gasteiger partial charge in [-0.25, -0.2) is 0 Å². The van der Waals surface area contributed by atoms with E-state index in [4.69, 9.17) is 20.6 Å². The molecule has 1 heterocycles. The lowest BCUT2D eigenvalue weighted by molar-refractivity contribution is 0.293. The van der Waals surface area contributed by atoms with Gasteiger partial charge >= 0.3 is 0 Å². The van der Waals surface area contributed by atoms with Crippen LogP contribution >= 0.6 is 0 Å². The molecule has 1 aromatic carbocycles. The topological polar surface area (TPSA) is 112 Å². The van der Waals surface area contributed by atoms with Crippen LogP contribution in [0, 0.1) is 5.41 Å². The van der Waals surface area contributed by atoms with Gasteiger partial charge in [0.05, 0.1) is 14.2 Å². The molecule has 0 unspecified atom stereocenters. The average Bonchev–Trinajstić information content (AvgIpc) is 2.81. The zero-order valence-corrected chi connectivity index (χ0v) is 10.6. The molecule has 0 radical (unpaired) electrons. The van der Waals surface area contributed by atoms with Gasteiger partial charge in [-0.2, -0.15) is 4.80 Å². The Morgan fingerprint density at radius 1 is 1.37 bits per heavy atom. The van der Waals surface area contributed by atoms with E-state index in [9.17, 15) is 0 Å². The van der Waals surface area contributed by atoms with Crippen molar-refractivity contribution in [3.8, 4) is 11.5 Å². The minimum atomic E-state index is -0.0543. The fraction of sp³-hybridized carbons (Fsp3) is 0.273. The van der Waals surface area contributed by atoms with E-state index in [0.717, 1.165) is 0 Å². The van der Waals surface area contributed by atoms with E-state index in [-0.39, 0.29) is 12.4 Å². The molecule has 8 nitrogen and oxygen atoms in total. The van der Waals surface area contributed by atoms with E-state index >= 15 is 0 Å². The van der Waals surface area contributed by atoms with Gasteiger partial charge in [-0.05, 0) is 17.3 Å². The van der Waals surface area contributed by atoms with E-state index in [0.29, 0.717) is 22.9 Å². The molecule has 2 aromatic rings. The second-order valence-electron chi connectivity index (χ2n) is 3.79. The Hall–Kier alpha value is -2.64. The van der Waals surface area contributed by atoms with Gasteiger partial charge < -0.3 is 15.2 Å². The minimum absolute atomic E-state index is 0.0543. The summed E-state index contributed by atoms with van der Waals surface area (Å²) in [4.78, 5) is 1.35. The van der Waals surface area contributed by atoms with Crippen LogP contribution in [0.3, 0.4) is 0 Å². The molecule has 0 aliphatic heterocycles. The van der Waals surface area contributed by atoms with E-state index in [1.165, 1.54) is 11.9 Å². The fourth-order valence-corrected chi connectivity index (χ4v) is 1.46. The Morgan fingerprint density at radius 3 is 2.68 bits per heavy atom. The molecular formula is C11H14N6O2. The third kappa shape index (κ3) is 3.18. The molecule has 0 spiro atoms. The Labute approximate surface area is 109 Å². The largest absolute Gasteiger partial charge is 0.497 e. The molecule has 1 aromatic heterocycles. The van der Waals surface area contributed by atoms with E-state index in [2.05, 4.69) is 15.4 Å². The van der Waals surface area contributed by atoms with Gasteiger partial charge in [-0.15, -0.1) is 10.2 Å². The van der Waals surface area contributed by atoms with Gasteiger partial charge in [0.2, 0.25) is 5.82 Å². The van der Waals surface area contributed by atoms with Crippen LogP contribution in [0.2, 0.25) is 0 Å². The van der Waals surface area contributed by atoms with Crippen LogP contribution in [-0.4, -0.2) is 33.2 Å². The minimum Gasteiger partial charge on any atom is -0.497 e. The van der Waals surface area contributed by atoms with Crippen molar-refractivity contribution in [2.24, 2.45) is 12.8 Å². The van der Waals surface area contributed by atoms with Gasteiger partial charge in [0.25, 0.3) is 0 Å². The van der Waals surface area contributed by atoms with Crippen LogP contribution in [0.1, 0.15) is 11.4 Å². The number of methoxy groups -OCH3 is 1. The first-order valence-electron chi connectivity index (χ1n) is 5.47. The number of nitrogens with two attached hydrogens (primary N) is 1. The molecule has 2 rings (SSSR count). The van der Waals surface area contributed by atoms with Gasteiger partial charge in [0.15, 0.2) is 6.61 Å². The number of benzene rings is 1. The van der Waals surface area contributed by atoms with Crippen molar-refractivity contribution in [1.29, 1.82) is 5.41 Å². The van der Waals surface area contributed by atoms with Gasteiger partial charge in [-0.1, -0.05) is 0 Å². The third-order valence-corrected chi connectivity index (χ3v) is 2.34. The maximum atomic E-state index is 7.43. The summed E-state index contributed by atoms with van der Waals surface area (Å²) in [6, 6.07) is 5.01. The highest BCUT2D eigenvalue weighted by Gasteiger charge is 2.07. The van der Waals surface area contributed by atoms with Crippen LogP contribution in [0.15, 0.2) is 18.2 Å². The summed E-state index contributed by atoms with van der Waals surface area (Å²) in [5.74, 6) is 1.50. The third-order valence-electron chi connectivity index (χ3n) is 2.34. The fourth-order valence-electron chi connectivity index (χ4n) is 1.46. The zero-order chi connectivity index (χ0) is 13.8. The molecule has 0 saturated heterocycles. The van der Waals surface area contributed by atoms with E-state index in [1.54, 1.807) is 25.2 Å². The highest BCUT2D eigenvalue weighted by molar-refractivity contribution is 5.95. The molecule has 100 valence electrons. The number of tetrazole rings is 1. The number of aromatic nitrogens is 4. The lowest BCUT2D eigenvalue weighted by Crippen LogP contribution is -2.11. The predicted octanol–water partition coefficient (Wildman–Crippen LogP) is 0.0818. The van der Waals surface area contributed by atoms with Crippen molar-refractivity contribution in [3.05, 3.63) is 29.6 Å². The van der Waals surface area contributed by atoms with Crippen molar-refractivity contribution >= 4 is 5.84 Å². The average molecular weight is 262 g/mol. The summed E-state index contributed by atoms with van der Waals surface area (Å²) < 4.78 is 10.7. The predicted molar refractivity (Wildman–Crippen MR) is 67.1 cm³/mol. The number of ether oxygens (including phenoxy) is 2. The Balaban J connectivity index is 2.15. The number of nitrogens with one attached hydrogen (secondary N) is 1. The SMILES string of the molecule is COc1cc(OCc2nnn(C)n2)cc(C(=N)N)c1. The van der Waals surface area contributed by atoms with Crippen molar-refractivity contribution in [2.75, 3.05) is 7.11 Å². The van der Waals surface area contributed by atoms with Crippen LogP contribution in [0.4, 0.5) is 0 Å². The zero-order valence-electron chi connectivity index (χ0n) is 10.6. The normalized spacial score (nSPS) is 10.2. The summed E-state index contributed by atoms with van der Waals surface area (Å²) in [5, 5.41) is 18.9. The molecule has 0 saturated carbocycles. The van der Waals surface area contributed by atoms with E-state index < -0.39 is 0 Å². The van der Waals surface area contributed by atoms with Crippen LogP contribution in [0.25, 0.3) is 0 Å². The van der Waals surface area contributed by atoms with Crippen LogP contribution < -0.4 is 15.2 Å². The first-order chi connectivity index (χ1) is 9.08. The standard InChI is InChI=1S/C11H14N6O2/c1-17-15-10(14-16-17)6-19-9-4-7(11(12)13)3-8(5-9)18-2/h3-5H,6H2,1-2H3,(H3,12,13). The highest BCUT2D eigenvalue weighted by Crippen LogP contribution is 2.23. The molecular weight excluding hydrogens is 248 g/mol. The van der Waals surface area contributed by atoms with Gasteiger partial charge in [0.1, 0.15) is 17.3 Å². The Kier molecular flexibility index (Phi) is 3.60. The number of nitrogens with zero attached hydrogens (tertiary/aromatic N) is 4. The first kappa shape index (κ1) is 12.8.